The van der Waals surface area contributed by atoms with E-state index in [0.29, 0.717) is 5.46 Å². The molecule has 0 spiro atoms. The standard InChI is InChI=1S/C32H22N2.C32H24N2.C22H18BNO2.C10H7BrN.C4H8O.Cu.HI/c1-3-11-24(12-4-1)34(25-13-5-2-6-14-25)26-18-20-27-23(21-26)17-19-29-28-15-7-9-22-10-8-16-30(31(22)28)33-32(27)29;33-31-16-8-10-23-9-7-15-30(32(23)31)26-18-17-25-22-29(20-19-24(25)21-26)34(27-11-3-1-4-12-27)28-13-5-2-6-14-28;25-23(26)19-13-11-18-16-22(14-12-17(18)15-19)24(20-7-3-1-4-8-20)21-9-5-2-6-10-21;11-8-5-1-3-7-4-2-6-9(12)10(7)8;1-2-4-5-3-1;;/h1-21,33H;1-22H,33H2;1-16,25-26H;1-4,6H,12H2;1-4H2;;1H/q;;;+1;;+1;/p-1. The quantitative estimate of drug-likeness (QED) is 0.0373. The number of rotatable bonds is 11. The van der Waals surface area contributed by atoms with Gasteiger partial charge in [-0.3, -0.25) is 0 Å². The van der Waals surface area contributed by atoms with E-state index in [4.69, 9.17) is 16.2 Å². The number of nitrogens with zero attached hydrogens (tertiary/aromatic N) is 3. The van der Waals surface area contributed by atoms with Crippen molar-refractivity contribution in [3.05, 3.63) is 399 Å². The van der Waals surface area contributed by atoms with E-state index in [-0.39, 0.29) is 0 Å². The Kier molecular flexibility index (Phi) is 24.6. The van der Waals surface area contributed by atoms with Crippen molar-refractivity contribution in [1.29, 1.82) is 0 Å². The van der Waals surface area contributed by atoms with Crippen LogP contribution in [0.15, 0.2) is 382 Å². The second-order valence-electron chi connectivity index (χ2n) is 27.3. The summed E-state index contributed by atoms with van der Waals surface area (Å²) in [5.41, 5.74) is 33.7. The third-order valence-corrected chi connectivity index (χ3v) is 20.8. The van der Waals surface area contributed by atoms with Crippen LogP contribution in [0, 0.1) is 6.08 Å². The van der Waals surface area contributed by atoms with Crippen molar-refractivity contribution in [2.75, 3.05) is 44.7 Å². The number of nitrogen functional groups attached to an aromatic ring is 2. The minimum Gasteiger partial charge on any atom is -0.354 e. The summed E-state index contributed by atoms with van der Waals surface area (Å²) in [6.07, 6.45) is 9.48. The van der Waals surface area contributed by atoms with Gasteiger partial charge in [0, 0.05) is 97.5 Å². The van der Waals surface area contributed by atoms with Crippen LogP contribution in [0.1, 0.15) is 24.0 Å². The molecule has 113 heavy (non-hydrogen) atoms. The summed E-state index contributed by atoms with van der Waals surface area (Å²) in [4.78, 5) is 6.80. The molecule has 2 heterocycles. The normalized spacial score (nSPS) is 11.9. The molecule has 0 aromatic heterocycles. The molecule has 1 fully saturated rings. The summed E-state index contributed by atoms with van der Waals surface area (Å²) in [6, 6.07) is 130. The molecule has 1 aliphatic carbocycles. The molecular formula is C100H79BBrCuIN6O3+. The second kappa shape index (κ2) is 36.4. The van der Waals surface area contributed by atoms with Crippen LogP contribution in [0.4, 0.5) is 73.9 Å². The van der Waals surface area contributed by atoms with Gasteiger partial charge < -0.3 is 46.3 Å². The first-order valence-electron chi connectivity index (χ1n) is 37.5. The molecule has 20 rings (SSSR count). The van der Waals surface area contributed by atoms with Crippen LogP contribution in [0.3, 0.4) is 0 Å². The molecular weight excluding hydrogens is 1610 g/mol. The predicted molar refractivity (Wildman–Crippen MR) is 489 cm³/mol. The molecule has 0 atom stereocenters. The fourth-order valence-corrected chi connectivity index (χ4v) is 15.5. The van der Waals surface area contributed by atoms with Crippen molar-refractivity contribution < 1.29 is 27.5 Å². The maximum absolute atomic E-state index is 9.37. The molecule has 0 unspecified atom stereocenters. The van der Waals surface area contributed by atoms with E-state index in [9.17, 15) is 10.0 Å². The third-order valence-electron chi connectivity index (χ3n) is 20.2. The average Bonchev–Trinajstić information content (AvgIpc) is 1.27. The summed E-state index contributed by atoms with van der Waals surface area (Å²) in [5, 5.41) is 34.2. The summed E-state index contributed by atoms with van der Waals surface area (Å²) >= 11 is 9.28. The van der Waals surface area contributed by atoms with Crippen molar-refractivity contribution >= 4 is 187 Å². The Morgan fingerprint density at radius 1 is 0.372 bits per heavy atom. The second-order valence-corrected chi connectivity index (χ2v) is 28.1. The van der Waals surface area contributed by atoms with Gasteiger partial charge in [-0.2, -0.15) is 0 Å². The van der Waals surface area contributed by atoms with Gasteiger partial charge in [-0.1, -0.05) is 237 Å². The molecule has 554 valence electrons. The molecule has 0 bridgehead atoms. The van der Waals surface area contributed by atoms with E-state index in [2.05, 4.69) is 340 Å². The van der Waals surface area contributed by atoms with Gasteiger partial charge in [0.2, 0.25) is 0 Å². The molecule has 17 aromatic rings. The van der Waals surface area contributed by atoms with Crippen LogP contribution in [-0.4, -0.2) is 30.4 Å². The zero-order chi connectivity index (χ0) is 77.4. The Balaban J connectivity index is 0.000000120. The Bertz CT molecular complexity index is 6030. The van der Waals surface area contributed by atoms with Crippen molar-refractivity contribution in [1.82, 2.24) is 0 Å². The number of para-hydroxylation sites is 6. The number of nitrogens with one attached hydrogen (secondary N) is 1. The van der Waals surface area contributed by atoms with Crippen molar-refractivity contribution in [3.63, 3.8) is 0 Å². The number of halogens is 2. The van der Waals surface area contributed by atoms with Crippen molar-refractivity contribution in [2.45, 2.75) is 12.8 Å². The molecule has 0 radical (unpaired) electrons. The maximum atomic E-state index is 9.37. The largest absolute Gasteiger partial charge is 0.354 e. The molecule has 3 aliphatic rings. The number of hydrogen-bond donors (Lipinski definition) is 5. The number of benzene rings is 17. The Labute approximate surface area is 688 Å². The first-order valence-corrected chi connectivity index (χ1v) is 41.3. The van der Waals surface area contributed by atoms with Gasteiger partial charge in [-0.25, -0.2) is 0 Å². The first kappa shape index (κ1) is 76.3. The maximum Gasteiger partial charge on any atom is 0.0544 e. The van der Waals surface area contributed by atoms with E-state index < -0.39 is 7.12 Å². The number of hydrogen-bond acceptors (Lipinski definition) is 9. The number of ether oxygens (including phenoxy) is 1. The first-order chi connectivity index (χ1) is 55.6. The Hall–Kier alpha value is -12.1. The van der Waals surface area contributed by atoms with Crippen LogP contribution in [0.25, 0.3) is 86.7 Å². The predicted octanol–water partition coefficient (Wildman–Crippen LogP) is 26.4. The number of nitrogens with two attached hydrogens (primary N) is 2. The van der Waals surface area contributed by atoms with Crippen LogP contribution < -0.4 is 36.9 Å². The van der Waals surface area contributed by atoms with E-state index in [1.54, 1.807) is 32.5 Å². The minimum absolute atomic E-state index is 0.494. The Morgan fingerprint density at radius 3 is 1.28 bits per heavy atom. The molecule has 2 aliphatic heterocycles. The SMILES string of the molecule is C1CCOC1.Nc1cccc2c1C(Br)=[C+]C=C2.Nc1cccc2cccc(-c3ccc4cc(N(c5ccccc5)c5ccccc5)ccc4c3)c12.OB(O)c1ccc2cc(N(c3ccccc3)c3ccccc3)ccc2c1.[Cu][I].c1ccc(N(c2ccccc2)c2ccc3c4c(ccc3c2)-c2cccc3cccc(c23)N4)cc1. The molecule has 17 aromatic carbocycles. The van der Waals surface area contributed by atoms with Gasteiger partial charge in [0.05, 0.1) is 29.1 Å². The average molecular weight is 1690 g/mol. The number of anilines is 13. The smallest absolute Gasteiger partial charge is 0.0544 e. The molecule has 9 nitrogen and oxygen atoms in total. The third kappa shape index (κ3) is 17.4. The van der Waals surface area contributed by atoms with Gasteiger partial charge in [-0.05, 0) is 228 Å². The van der Waals surface area contributed by atoms with Crippen molar-refractivity contribution in [2.24, 2.45) is 0 Å². The minimum atomic E-state index is -1.45. The zero-order valence-corrected chi connectivity index (χ0v) is 66.4. The van der Waals surface area contributed by atoms with Gasteiger partial charge >= 0.3 is 40.2 Å². The number of allylic oxidation sites excluding steroid dienone is 2. The topological polar surface area (TPSA) is 123 Å². The van der Waals surface area contributed by atoms with Gasteiger partial charge in [-0.15, -0.1) is 0 Å². The monoisotopic (exact) mass is 1690 g/mol. The van der Waals surface area contributed by atoms with Crippen LogP contribution in [0.5, 0.6) is 0 Å². The van der Waals surface area contributed by atoms with Crippen molar-refractivity contribution in [3.8, 4) is 22.3 Å². The summed E-state index contributed by atoms with van der Waals surface area (Å²) in [7, 11) is -1.45. The molecule has 1 saturated heterocycles. The molecule has 7 N–H and O–H groups in total. The fraction of sp³-hybridized carbons (Fsp3) is 0.0400. The van der Waals surface area contributed by atoms with Gasteiger partial charge in [0.15, 0.2) is 4.48 Å². The molecule has 0 saturated carbocycles. The molecule has 0 amide bonds. The van der Waals surface area contributed by atoms with E-state index in [1.165, 1.54) is 73.2 Å². The van der Waals surface area contributed by atoms with Crippen LogP contribution in [0.2, 0.25) is 0 Å². The Morgan fingerprint density at radius 2 is 0.788 bits per heavy atom. The van der Waals surface area contributed by atoms with Gasteiger partial charge in [0.1, 0.15) is 11.6 Å². The van der Waals surface area contributed by atoms with Crippen LogP contribution >= 0.6 is 36.3 Å². The zero-order valence-electron chi connectivity index (χ0n) is 61.7. The summed E-state index contributed by atoms with van der Waals surface area (Å²) in [6.45, 7) is 2.00. The van der Waals surface area contributed by atoms with E-state index >= 15 is 0 Å². The summed E-state index contributed by atoms with van der Waals surface area (Å²) in [5.74, 6) is 0. The molecule has 13 heteroatoms. The number of fused-ring (bicyclic) bond motifs is 8. The van der Waals surface area contributed by atoms with Crippen LogP contribution in [-0.2, 0) is 17.5 Å². The van der Waals surface area contributed by atoms with E-state index in [1.807, 2.05) is 91.0 Å². The van der Waals surface area contributed by atoms with E-state index in [0.717, 1.165) is 118 Å². The van der Waals surface area contributed by atoms with Gasteiger partial charge in [0.25, 0.3) is 0 Å². The summed E-state index contributed by atoms with van der Waals surface area (Å²) < 4.78 is 5.87. The fourth-order valence-electron chi connectivity index (χ4n) is 14.9.